The van der Waals surface area contributed by atoms with Gasteiger partial charge < -0.3 is 9.30 Å². The Kier molecular flexibility index (Phi) is 7.70. The number of sulfonamides is 1. The van der Waals surface area contributed by atoms with Crippen molar-refractivity contribution in [2.75, 3.05) is 31.8 Å². The van der Waals surface area contributed by atoms with Crippen molar-refractivity contribution in [1.82, 2.24) is 14.2 Å². The van der Waals surface area contributed by atoms with Gasteiger partial charge in [-0.05, 0) is 48.7 Å². The standard InChI is InChI=1S/C24H26Cl2N4O3S/c1-34(31,32)28-20-5-8-29(9-6-20)16-17-2-3-23-18(12-17)4-10-30(23)21-13-19(15-27)24(22(26)14-21)33-11-7-25/h2-4,10,12-14,20,28H,5-9,11,16H2,1H3. The SMILES string of the molecule is CS(=O)(=O)NC1CCN(Cc2ccc3c(ccn3-c3cc(Cl)c(OCCCl)c(C#N)c3)c2)CC1. The van der Waals surface area contributed by atoms with Gasteiger partial charge in [0.05, 0.1) is 28.2 Å². The number of likely N-dealkylation sites (tertiary alicyclic amines) is 1. The fraction of sp³-hybridized carbons (Fsp3) is 0.375. The van der Waals surface area contributed by atoms with E-state index in [1.165, 1.54) is 11.8 Å². The molecule has 1 N–H and O–H groups in total. The summed E-state index contributed by atoms with van der Waals surface area (Å²) in [6, 6.07) is 14.1. The number of hydrogen-bond donors (Lipinski definition) is 1. The van der Waals surface area contributed by atoms with Crippen LogP contribution in [0.25, 0.3) is 16.6 Å². The molecule has 180 valence electrons. The molecule has 1 aromatic heterocycles. The molecule has 1 aliphatic heterocycles. The maximum Gasteiger partial charge on any atom is 0.208 e. The number of ether oxygens (including phenoxy) is 1. The fourth-order valence-corrected chi connectivity index (χ4v) is 5.56. The number of fused-ring (bicyclic) bond motifs is 1. The zero-order valence-electron chi connectivity index (χ0n) is 18.8. The lowest BCUT2D eigenvalue weighted by Gasteiger charge is -2.32. The van der Waals surface area contributed by atoms with Gasteiger partial charge in [0.25, 0.3) is 0 Å². The summed E-state index contributed by atoms with van der Waals surface area (Å²) in [4.78, 5) is 2.34. The lowest BCUT2D eigenvalue weighted by molar-refractivity contribution is 0.200. The average Bonchev–Trinajstić information content (AvgIpc) is 3.21. The molecule has 0 atom stereocenters. The molecule has 3 aromatic rings. The predicted octanol–water partition coefficient (Wildman–Crippen LogP) is 4.29. The number of nitriles is 1. The second-order valence-electron chi connectivity index (χ2n) is 8.47. The summed E-state index contributed by atoms with van der Waals surface area (Å²) in [5.74, 6) is 0.658. The summed E-state index contributed by atoms with van der Waals surface area (Å²) in [6.45, 7) is 2.78. The van der Waals surface area contributed by atoms with Gasteiger partial charge in [0.2, 0.25) is 10.0 Å². The monoisotopic (exact) mass is 520 g/mol. The molecule has 0 radical (unpaired) electrons. The molecule has 2 heterocycles. The number of nitrogens with one attached hydrogen (secondary N) is 1. The van der Waals surface area contributed by atoms with Gasteiger partial charge in [0.1, 0.15) is 12.7 Å². The van der Waals surface area contributed by atoms with Crippen molar-refractivity contribution >= 4 is 44.1 Å². The smallest absolute Gasteiger partial charge is 0.208 e. The third-order valence-corrected chi connectivity index (χ3v) is 7.08. The zero-order valence-corrected chi connectivity index (χ0v) is 21.1. The van der Waals surface area contributed by atoms with Gasteiger partial charge in [-0.25, -0.2) is 13.1 Å². The summed E-state index contributed by atoms with van der Waals surface area (Å²) in [5, 5.41) is 11.0. The summed E-state index contributed by atoms with van der Waals surface area (Å²) in [7, 11) is -3.17. The summed E-state index contributed by atoms with van der Waals surface area (Å²) in [6.07, 6.45) is 4.78. The topological polar surface area (TPSA) is 87.4 Å². The lowest BCUT2D eigenvalue weighted by Crippen LogP contribution is -2.43. The molecule has 0 aliphatic carbocycles. The largest absolute Gasteiger partial charge is 0.489 e. The van der Waals surface area contributed by atoms with E-state index in [4.69, 9.17) is 27.9 Å². The van der Waals surface area contributed by atoms with Crippen LogP contribution < -0.4 is 9.46 Å². The molecule has 0 saturated carbocycles. The number of rotatable bonds is 8. The molecule has 7 nitrogen and oxygen atoms in total. The van der Waals surface area contributed by atoms with Crippen LogP contribution in [0.5, 0.6) is 5.75 Å². The van der Waals surface area contributed by atoms with Gasteiger partial charge in [-0.1, -0.05) is 17.7 Å². The minimum absolute atomic E-state index is 0.0135. The third kappa shape index (κ3) is 5.85. The van der Waals surface area contributed by atoms with Crippen molar-refractivity contribution in [1.29, 1.82) is 5.26 Å². The molecule has 0 bridgehead atoms. The van der Waals surface area contributed by atoms with Crippen LogP contribution in [0.2, 0.25) is 5.02 Å². The summed E-state index contributed by atoms with van der Waals surface area (Å²) in [5.41, 5.74) is 3.34. The second kappa shape index (κ2) is 10.5. The van der Waals surface area contributed by atoms with Gasteiger partial charge in [-0.2, -0.15) is 5.26 Å². The first kappa shape index (κ1) is 24.8. The van der Waals surface area contributed by atoms with Crippen LogP contribution >= 0.6 is 23.2 Å². The highest BCUT2D eigenvalue weighted by molar-refractivity contribution is 7.88. The quantitative estimate of drug-likeness (QED) is 0.447. The van der Waals surface area contributed by atoms with Gasteiger partial charge in [-0.3, -0.25) is 4.90 Å². The minimum atomic E-state index is -3.17. The number of aromatic nitrogens is 1. The Bertz CT molecular complexity index is 1330. The van der Waals surface area contributed by atoms with Gasteiger partial charge in [-0.15, -0.1) is 11.6 Å². The Balaban J connectivity index is 1.50. The van der Waals surface area contributed by atoms with E-state index in [0.29, 0.717) is 22.2 Å². The van der Waals surface area contributed by atoms with Crippen LogP contribution in [0.4, 0.5) is 0 Å². The lowest BCUT2D eigenvalue weighted by atomic mass is 10.0. The number of nitrogens with zero attached hydrogens (tertiary/aromatic N) is 3. The molecule has 0 unspecified atom stereocenters. The molecule has 1 aliphatic rings. The number of alkyl halides is 1. The number of halogens is 2. The Labute approximate surface area is 209 Å². The molecule has 1 saturated heterocycles. The normalized spacial score (nSPS) is 15.5. The first-order valence-electron chi connectivity index (χ1n) is 11.0. The molecule has 1 fully saturated rings. The maximum atomic E-state index is 11.5. The number of hydrogen-bond acceptors (Lipinski definition) is 5. The van der Waals surface area contributed by atoms with Crippen molar-refractivity contribution in [2.24, 2.45) is 0 Å². The molecule has 0 spiro atoms. The summed E-state index contributed by atoms with van der Waals surface area (Å²) < 4.78 is 33.2. The van der Waals surface area contributed by atoms with Crippen LogP contribution in [-0.4, -0.2) is 55.8 Å². The van der Waals surface area contributed by atoms with Crippen molar-refractivity contribution in [3.63, 3.8) is 0 Å². The number of benzene rings is 2. The number of piperidine rings is 1. The highest BCUT2D eigenvalue weighted by Gasteiger charge is 2.22. The van der Waals surface area contributed by atoms with Crippen LogP contribution in [-0.2, 0) is 16.6 Å². The van der Waals surface area contributed by atoms with E-state index in [-0.39, 0.29) is 12.6 Å². The molecule has 0 amide bonds. The van der Waals surface area contributed by atoms with Crippen LogP contribution in [0.1, 0.15) is 24.0 Å². The van der Waals surface area contributed by atoms with Crippen molar-refractivity contribution in [2.45, 2.75) is 25.4 Å². The van der Waals surface area contributed by atoms with Crippen LogP contribution in [0, 0.1) is 11.3 Å². The van der Waals surface area contributed by atoms with E-state index >= 15 is 0 Å². The molecule has 2 aromatic carbocycles. The third-order valence-electron chi connectivity index (χ3n) is 5.88. The zero-order chi connectivity index (χ0) is 24.3. The molecular weight excluding hydrogens is 495 g/mol. The fourth-order valence-electron chi connectivity index (χ4n) is 4.37. The second-order valence-corrected chi connectivity index (χ2v) is 11.0. The average molecular weight is 521 g/mol. The molecule has 10 heteroatoms. The van der Waals surface area contributed by atoms with Crippen molar-refractivity contribution in [3.05, 3.63) is 58.7 Å². The first-order chi connectivity index (χ1) is 16.3. The highest BCUT2D eigenvalue weighted by atomic mass is 35.5. The minimum Gasteiger partial charge on any atom is -0.489 e. The summed E-state index contributed by atoms with van der Waals surface area (Å²) >= 11 is 12.1. The van der Waals surface area contributed by atoms with E-state index in [2.05, 4.69) is 33.9 Å². The Morgan fingerprint density at radius 3 is 2.65 bits per heavy atom. The predicted molar refractivity (Wildman–Crippen MR) is 135 cm³/mol. The van der Waals surface area contributed by atoms with E-state index in [0.717, 1.165) is 49.1 Å². The van der Waals surface area contributed by atoms with E-state index in [9.17, 15) is 13.7 Å². The van der Waals surface area contributed by atoms with Crippen LogP contribution in [0.3, 0.4) is 0 Å². The molecule has 4 rings (SSSR count). The molecular formula is C24H26Cl2N4O3S. The van der Waals surface area contributed by atoms with Crippen LogP contribution in [0.15, 0.2) is 42.6 Å². The van der Waals surface area contributed by atoms with Gasteiger partial charge in [0.15, 0.2) is 5.75 Å². The molecule has 34 heavy (non-hydrogen) atoms. The van der Waals surface area contributed by atoms with E-state index in [1.54, 1.807) is 12.1 Å². The van der Waals surface area contributed by atoms with Gasteiger partial charge in [0, 0.05) is 42.9 Å². The first-order valence-corrected chi connectivity index (χ1v) is 13.8. The maximum absolute atomic E-state index is 11.5. The van der Waals surface area contributed by atoms with E-state index < -0.39 is 10.0 Å². The van der Waals surface area contributed by atoms with Crippen molar-refractivity contribution in [3.8, 4) is 17.5 Å². The Morgan fingerprint density at radius 2 is 1.97 bits per heavy atom. The Morgan fingerprint density at radius 1 is 1.21 bits per heavy atom. The van der Waals surface area contributed by atoms with Gasteiger partial charge >= 0.3 is 0 Å². The van der Waals surface area contributed by atoms with Crippen molar-refractivity contribution < 1.29 is 13.2 Å². The van der Waals surface area contributed by atoms with E-state index in [1.807, 2.05) is 16.8 Å². The Hall–Kier alpha value is -2.28. The highest BCUT2D eigenvalue weighted by Crippen LogP contribution is 2.33.